The molecule has 40 heavy (non-hydrogen) atoms. The second-order valence-corrected chi connectivity index (χ2v) is 10.9. The normalized spacial score (nSPS) is 14.4. The van der Waals surface area contributed by atoms with E-state index in [0.29, 0.717) is 56.2 Å². The van der Waals surface area contributed by atoms with Crippen molar-refractivity contribution in [2.75, 3.05) is 44.8 Å². The Balaban J connectivity index is 1.20. The van der Waals surface area contributed by atoms with E-state index in [9.17, 15) is 9.18 Å². The summed E-state index contributed by atoms with van der Waals surface area (Å²) in [6.45, 7) is 5.02. The molecule has 1 atom stereocenters. The number of ether oxygens (including phenoxy) is 1. The molecule has 1 fully saturated rings. The fourth-order valence-corrected chi connectivity index (χ4v) is 6.01. The Kier molecular flexibility index (Phi) is 9.13. The molecule has 1 aliphatic heterocycles. The highest BCUT2D eigenvalue weighted by molar-refractivity contribution is 7.98. The molecule has 9 heteroatoms. The van der Waals surface area contributed by atoms with Gasteiger partial charge in [0.05, 0.1) is 18.3 Å². The van der Waals surface area contributed by atoms with E-state index in [2.05, 4.69) is 33.8 Å². The van der Waals surface area contributed by atoms with E-state index >= 15 is 0 Å². The third-order valence-corrected chi connectivity index (χ3v) is 8.13. The smallest absolute Gasteiger partial charge is 0.253 e. The Bertz CT molecular complexity index is 1410. The van der Waals surface area contributed by atoms with Gasteiger partial charge in [0, 0.05) is 51.0 Å². The Morgan fingerprint density at radius 2 is 1.62 bits per heavy atom. The Morgan fingerprint density at radius 3 is 2.33 bits per heavy atom. The van der Waals surface area contributed by atoms with Crippen LogP contribution in [-0.2, 0) is 16.9 Å². The minimum absolute atomic E-state index is 0.00562. The third-order valence-electron chi connectivity index (χ3n) is 7.12. The number of benzene rings is 3. The highest BCUT2D eigenvalue weighted by Gasteiger charge is 2.24. The zero-order valence-electron chi connectivity index (χ0n) is 22.9. The van der Waals surface area contributed by atoms with E-state index in [4.69, 9.17) is 4.74 Å². The van der Waals surface area contributed by atoms with E-state index in [1.165, 1.54) is 11.6 Å². The van der Waals surface area contributed by atoms with Crippen molar-refractivity contribution >= 4 is 23.4 Å². The lowest BCUT2D eigenvalue weighted by Gasteiger charge is -2.36. The fraction of sp³-hybridized carbons (Fsp3) is 0.323. The monoisotopic (exact) mass is 559 g/mol. The molecule has 1 amide bonds. The van der Waals surface area contributed by atoms with Crippen LogP contribution in [0.1, 0.15) is 40.3 Å². The van der Waals surface area contributed by atoms with Gasteiger partial charge in [-0.25, -0.2) is 4.39 Å². The number of nitrogens with zero attached hydrogens (tertiary/aromatic N) is 5. The molecule has 0 spiro atoms. The van der Waals surface area contributed by atoms with E-state index in [-0.39, 0.29) is 17.8 Å². The number of rotatable bonds is 10. The first-order chi connectivity index (χ1) is 19.5. The van der Waals surface area contributed by atoms with Crippen molar-refractivity contribution in [1.29, 1.82) is 0 Å². The second kappa shape index (κ2) is 13.1. The van der Waals surface area contributed by atoms with Crippen LogP contribution in [0.3, 0.4) is 0 Å². The standard InChI is InChI=1S/C31H34FN5O2S/c1-23(21-39-2)37-29(20-24-8-4-3-5-9-24)33-34-31(37)40-22-25-12-14-26(15-13-25)30(38)36-18-16-35(17-19-36)28-11-7-6-10-27(28)32/h3-15,23H,16-22H2,1-2H3. The minimum atomic E-state index is -0.227. The molecule has 1 saturated heterocycles. The highest BCUT2D eigenvalue weighted by atomic mass is 32.2. The average Bonchev–Trinajstić information content (AvgIpc) is 3.39. The number of aromatic nitrogens is 3. The summed E-state index contributed by atoms with van der Waals surface area (Å²) in [6.07, 6.45) is 0.702. The summed E-state index contributed by atoms with van der Waals surface area (Å²) in [4.78, 5) is 17.0. The average molecular weight is 560 g/mol. The number of methoxy groups -OCH3 is 1. The predicted octanol–water partition coefficient (Wildman–Crippen LogP) is 5.47. The molecule has 5 rings (SSSR count). The molecule has 3 aromatic carbocycles. The number of amides is 1. The number of anilines is 1. The molecule has 0 aliphatic carbocycles. The molecule has 0 radical (unpaired) electrons. The number of hydrogen-bond acceptors (Lipinski definition) is 6. The van der Waals surface area contributed by atoms with Crippen LogP contribution in [0.15, 0.2) is 84.0 Å². The lowest BCUT2D eigenvalue weighted by molar-refractivity contribution is 0.0746. The summed E-state index contributed by atoms with van der Waals surface area (Å²) < 4.78 is 21.7. The first-order valence-corrected chi connectivity index (χ1v) is 14.5. The van der Waals surface area contributed by atoms with Gasteiger partial charge >= 0.3 is 0 Å². The first kappa shape index (κ1) is 27.9. The van der Waals surface area contributed by atoms with Gasteiger partial charge in [0.2, 0.25) is 0 Å². The van der Waals surface area contributed by atoms with Crippen molar-refractivity contribution in [3.63, 3.8) is 0 Å². The summed E-state index contributed by atoms with van der Waals surface area (Å²) >= 11 is 1.63. The van der Waals surface area contributed by atoms with Crippen LogP contribution < -0.4 is 4.90 Å². The molecule has 0 saturated carbocycles. The maximum Gasteiger partial charge on any atom is 0.253 e. The van der Waals surface area contributed by atoms with Gasteiger partial charge in [-0.3, -0.25) is 4.79 Å². The van der Waals surface area contributed by atoms with Crippen LogP contribution in [0.2, 0.25) is 0 Å². The van der Waals surface area contributed by atoms with Crippen LogP contribution in [0.5, 0.6) is 0 Å². The molecule has 0 N–H and O–H groups in total. The van der Waals surface area contributed by atoms with E-state index in [0.717, 1.165) is 16.5 Å². The van der Waals surface area contributed by atoms with Crippen molar-refractivity contribution < 1.29 is 13.9 Å². The van der Waals surface area contributed by atoms with Gasteiger partial charge in [0.25, 0.3) is 5.91 Å². The van der Waals surface area contributed by atoms with Crippen molar-refractivity contribution in [3.05, 3.63) is 107 Å². The number of thioether (sulfide) groups is 1. The molecule has 0 bridgehead atoms. The van der Waals surface area contributed by atoms with Crippen LogP contribution in [0.4, 0.5) is 10.1 Å². The van der Waals surface area contributed by atoms with Gasteiger partial charge in [-0.2, -0.15) is 0 Å². The van der Waals surface area contributed by atoms with Gasteiger partial charge in [-0.05, 0) is 42.3 Å². The molecule has 2 heterocycles. The Morgan fingerprint density at radius 1 is 0.925 bits per heavy atom. The number of piperazine rings is 1. The van der Waals surface area contributed by atoms with Gasteiger partial charge in [-0.1, -0.05) is 66.4 Å². The number of halogens is 1. The maximum atomic E-state index is 14.2. The molecule has 1 unspecified atom stereocenters. The molecule has 1 aliphatic rings. The minimum Gasteiger partial charge on any atom is -0.383 e. The molecule has 1 aromatic heterocycles. The van der Waals surface area contributed by atoms with Gasteiger partial charge < -0.3 is 19.1 Å². The van der Waals surface area contributed by atoms with E-state index in [1.807, 2.05) is 58.3 Å². The fourth-order valence-electron chi connectivity index (χ4n) is 5.00. The summed E-state index contributed by atoms with van der Waals surface area (Å²) in [5.41, 5.74) is 3.54. The summed E-state index contributed by atoms with van der Waals surface area (Å²) in [7, 11) is 1.70. The van der Waals surface area contributed by atoms with Crippen LogP contribution in [0.25, 0.3) is 0 Å². The lowest BCUT2D eigenvalue weighted by atomic mass is 10.1. The Labute approximate surface area is 239 Å². The summed E-state index contributed by atoms with van der Waals surface area (Å²) in [5, 5.41) is 9.86. The zero-order valence-corrected chi connectivity index (χ0v) is 23.7. The topological polar surface area (TPSA) is 63.5 Å². The Hall–Kier alpha value is -3.69. The molecule has 7 nitrogen and oxygen atoms in total. The number of para-hydroxylation sites is 1. The maximum absolute atomic E-state index is 14.2. The number of carbonyl (C=O) groups excluding carboxylic acids is 1. The van der Waals surface area contributed by atoms with Crippen LogP contribution in [0, 0.1) is 5.82 Å². The summed E-state index contributed by atoms with van der Waals surface area (Å²) in [5.74, 6) is 1.40. The molecule has 4 aromatic rings. The molecule has 208 valence electrons. The van der Waals surface area contributed by atoms with E-state index in [1.54, 1.807) is 31.0 Å². The highest BCUT2D eigenvalue weighted by Crippen LogP contribution is 2.27. The van der Waals surface area contributed by atoms with Gasteiger partial charge in [0.1, 0.15) is 11.6 Å². The quantitative estimate of drug-likeness (QED) is 0.240. The SMILES string of the molecule is COCC(C)n1c(Cc2ccccc2)nnc1SCc1ccc(C(=O)N2CCN(c3ccccc3F)CC2)cc1. The van der Waals surface area contributed by atoms with Gasteiger partial charge in [-0.15, -0.1) is 10.2 Å². The van der Waals surface area contributed by atoms with Crippen molar-refractivity contribution in [2.45, 2.75) is 30.3 Å². The van der Waals surface area contributed by atoms with Gasteiger partial charge in [0.15, 0.2) is 5.16 Å². The van der Waals surface area contributed by atoms with Crippen molar-refractivity contribution in [1.82, 2.24) is 19.7 Å². The zero-order chi connectivity index (χ0) is 27.9. The second-order valence-electron chi connectivity index (χ2n) is 9.95. The lowest BCUT2D eigenvalue weighted by Crippen LogP contribution is -2.49. The van der Waals surface area contributed by atoms with Crippen molar-refractivity contribution in [3.8, 4) is 0 Å². The van der Waals surface area contributed by atoms with E-state index < -0.39 is 0 Å². The number of hydrogen-bond donors (Lipinski definition) is 0. The summed E-state index contributed by atoms with van der Waals surface area (Å²) in [6, 6.07) is 24.9. The first-order valence-electron chi connectivity index (χ1n) is 13.5. The van der Waals surface area contributed by atoms with Crippen LogP contribution >= 0.6 is 11.8 Å². The third kappa shape index (κ3) is 6.54. The predicted molar refractivity (Wildman–Crippen MR) is 156 cm³/mol. The largest absolute Gasteiger partial charge is 0.383 e. The number of carbonyl (C=O) groups is 1. The van der Waals surface area contributed by atoms with Crippen LogP contribution in [-0.4, -0.2) is 65.5 Å². The van der Waals surface area contributed by atoms with Crippen molar-refractivity contribution in [2.24, 2.45) is 0 Å². The molecular formula is C31H34FN5O2S. The molecular weight excluding hydrogens is 525 g/mol.